The number of rotatable bonds is 7. The smallest absolute Gasteiger partial charge is 0.0364 e. The maximum absolute atomic E-state index is 13.7. The summed E-state index contributed by atoms with van der Waals surface area (Å²) < 4.78 is 13.7. The number of unbranched alkanes of at least 4 members (excludes halogenated alkanes) is 2. The van der Waals surface area contributed by atoms with E-state index in [-0.39, 0.29) is 5.41 Å². The van der Waals surface area contributed by atoms with Crippen molar-refractivity contribution in [2.75, 3.05) is 24.7 Å². The fraction of sp³-hybridized carbons (Fsp3) is 0.682. The summed E-state index contributed by atoms with van der Waals surface area (Å²) in [6.45, 7) is 6.90. The minimum absolute atomic E-state index is 0.169. The molecule has 1 heterocycles. The van der Waals surface area contributed by atoms with Crippen molar-refractivity contribution in [3.8, 4) is 0 Å². The molecule has 1 aliphatic heterocycles. The molecule has 0 spiro atoms. The fourth-order valence-electron chi connectivity index (χ4n) is 4.42. The quantitative estimate of drug-likeness (QED) is 0.606. The molecular weight excluding hydrogens is 326 g/mol. The van der Waals surface area contributed by atoms with Gasteiger partial charge >= 0.3 is 0 Å². The number of hydrogen-bond donors (Lipinski definition) is 0. The highest BCUT2D eigenvalue weighted by atomic mass is 32.2. The van der Waals surface area contributed by atoms with Crippen LogP contribution < -0.4 is 4.90 Å². The molecule has 1 aliphatic rings. The van der Waals surface area contributed by atoms with Crippen LogP contribution in [0.1, 0.15) is 64.9 Å². The summed E-state index contributed by atoms with van der Waals surface area (Å²) in [7, 11) is 1.89. The van der Waals surface area contributed by atoms with Crippen LogP contribution in [0.15, 0.2) is 23.1 Å². The van der Waals surface area contributed by atoms with Crippen LogP contribution in [-0.4, -0.2) is 29.9 Å². The molecule has 0 fully saturated rings. The predicted octanol–water partition coefficient (Wildman–Crippen LogP) is 5.39. The van der Waals surface area contributed by atoms with Crippen molar-refractivity contribution in [2.45, 2.75) is 70.6 Å². The van der Waals surface area contributed by atoms with Crippen LogP contribution in [-0.2, 0) is 15.9 Å². The van der Waals surface area contributed by atoms with E-state index in [1.54, 1.807) is 0 Å². The summed E-state index contributed by atoms with van der Waals surface area (Å²) in [5.74, 6) is 5.57. The summed E-state index contributed by atoms with van der Waals surface area (Å²) in [6, 6.07) is 6.42. The maximum atomic E-state index is 13.7. The number of anilines is 1. The number of nitrogens with zero attached hydrogens (tertiary/aromatic N) is 1. The lowest BCUT2D eigenvalue weighted by molar-refractivity contribution is 0.163. The molecule has 0 aliphatic carbocycles. The van der Waals surface area contributed by atoms with Crippen molar-refractivity contribution in [3.63, 3.8) is 0 Å². The van der Waals surface area contributed by atoms with Crippen molar-refractivity contribution >= 4 is 21.1 Å². The average molecular weight is 364 g/mol. The Morgan fingerprint density at radius 1 is 1.20 bits per heavy atom. The van der Waals surface area contributed by atoms with E-state index in [4.69, 9.17) is 0 Å². The van der Waals surface area contributed by atoms with Gasteiger partial charge in [0.15, 0.2) is 0 Å². The van der Waals surface area contributed by atoms with E-state index in [0.717, 1.165) is 17.1 Å². The molecule has 2 rings (SSSR count). The zero-order valence-corrected chi connectivity index (χ0v) is 17.8. The van der Waals surface area contributed by atoms with E-state index in [1.165, 1.54) is 49.8 Å². The van der Waals surface area contributed by atoms with Gasteiger partial charge in [0, 0.05) is 30.4 Å². The van der Waals surface area contributed by atoms with Crippen LogP contribution >= 0.6 is 0 Å². The first-order valence-electron chi connectivity index (χ1n) is 9.91. The third-order valence-electron chi connectivity index (χ3n) is 6.11. The zero-order chi connectivity index (χ0) is 18.7. The van der Waals surface area contributed by atoms with Gasteiger partial charge in [0.25, 0.3) is 0 Å². The topological polar surface area (TPSA) is 20.3 Å². The van der Waals surface area contributed by atoms with Gasteiger partial charge in [0.05, 0.1) is 0 Å². The van der Waals surface area contributed by atoms with Gasteiger partial charge in [0.2, 0.25) is 0 Å². The number of hydrogen-bond acceptors (Lipinski definition) is 2. The van der Waals surface area contributed by atoms with Gasteiger partial charge in [-0.05, 0) is 69.8 Å². The molecule has 2 atom stereocenters. The van der Waals surface area contributed by atoms with Gasteiger partial charge in [-0.3, -0.25) is 4.21 Å². The molecule has 142 valence electrons. The molecule has 0 bridgehead atoms. The van der Waals surface area contributed by atoms with E-state index in [1.807, 2.05) is 0 Å². The second-order valence-corrected chi connectivity index (χ2v) is 10.7. The molecule has 1 aromatic carbocycles. The Morgan fingerprint density at radius 3 is 2.32 bits per heavy atom. The molecule has 3 heteroatoms. The molecule has 1 aromatic rings. The predicted molar refractivity (Wildman–Crippen MR) is 114 cm³/mol. The van der Waals surface area contributed by atoms with Crippen molar-refractivity contribution in [2.24, 2.45) is 11.3 Å². The van der Waals surface area contributed by atoms with Gasteiger partial charge < -0.3 is 4.90 Å². The summed E-state index contributed by atoms with van der Waals surface area (Å²) in [5.41, 5.74) is 2.62. The van der Waals surface area contributed by atoms with Crippen LogP contribution in [0.4, 0.5) is 5.69 Å². The lowest BCUT2D eigenvalue weighted by Gasteiger charge is -2.39. The Labute approximate surface area is 156 Å². The van der Waals surface area contributed by atoms with Crippen LogP contribution in [0.5, 0.6) is 0 Å². The summed E-state index contributed by atoms with van der Waals surface area (Å²) in [4.78, 5) is 3.14. The van der Waals surface area contributed by atoms with Crippen molar-refractivity contribution in [1.29, 1.82) is 0 Å². The SMILES string of the molecule is C=S1(=O)CC(CCCC)(CCCC)[C@H](C)Cc2cc(N(C)C)ccc21. The Balaban J connectivity index is 2.49. The van der Waals surface area contributed by atoms with Crippen molar-refractivity contribution in [3.05, 3.63) is 23.8 Å². The standard InChI is InChI=1S/C22H37NOS/c1-7-9-13-22(14-10-8-2)17-25(6,24)21-12-11-20(23(4)5)16-19(21)15-18(22)3/h11-12,16,18H,6-10,13-15,17H2,1-5H3/t18-,25?/m1/s1. The summed E-state index contributed by atoms with van der Waals surface area (Å²) in [6.07, 6.45) is 8.26. The highest BCUT2D eigenvalue weighted by Gasteiger charge is 2.40. The largest absolute Gasteiger partial charge is 0.378 e. The molecule has 25 heavy (non-hydrogen) atoms. The molecule has 0 saturated heterocycles. The van der Waals surface area contributed by atoms with Crippen LogP contribution in [0.3, 0.4) is 0 Å². The highest BCUT2D eigenvalue weighted by molar-refractivity contribution is 8.00. The van der Waals surface area contributed by atoms with E-state index < -0.39 is 9.52 Å². The molecule has 0 radical (unpaired) electrons. The fourth-order valence-corrected chi connectivity index (χ4v) is 7.01. The monoisotopic (exact) mass is 363 g/mol. The Bertz CT molecular complexity index is 667. The maximum Gasteiger partial charge on any atom is 0.0364 e. The minimum atomic E-state index is -2.24. The lowest BCUT2D eigenvalue weighted by Crippen LogP contribution is -2.35. The average Bonchev–Trinajstić information content (AvgIpc) is 2.64. The molecule has 2 nitrogen and oxygen atoms in total. The van der Waals surface area contributed by atoms with Crippen molar-refractivity contribution in [1.82, 2.24) is 0 Å². The third kappa shape index (κ3) is 4.42. The third-order valence-corrected chi connectivity index (χ3v) is 8.35. The summed E-state index contributed by atoms with van der Waals surface area (Å²) in [5, 5.41) is 0. The van der Waals surface area contributed by atoms with Crippen LogP contribution in [0.2, 0.25) is 0 Å². The number of benzene rings is 1. The molecular formula is C22H37NOS. The molecule has 0 amide bonds. The van der Waals surface area contributed by atoms with E-state index in [0.29, 0.717) is 5.92 Å². The minimum Gasteiger partial charge on any atom is -0.378 e. The molecule has 0 saturated carbocycles. The van der Waals surface area contributed by atoms with Gasteiger partial charge in [-0.1, -0.05) is 46.5 Å². The van der Waals surface area contributed by atoms with Gasteiger partial charge in [-0.15, -0.1) is 0 Å². The first-order valence-corrected chi connectivity index (χ1v) is 11.8. The van der Waals surface area contributed by atoms with Gasteiger partial charge in [-0.25, -0.2) is 0 Å². The van der Waals surface area contributed by atoms with E-state index in [9.17, 15) is 4.21 Å². The van der Waals surface area contributed by atoms with E-state index in [2.05, 4.69) is 63.8 Å². The van der Waals surface area contributed by atoms with Crippen molar-refractivity contribution < 1.29 is 4.21 Å². The highest BCUT2D eigenvalue weighted by Crippen LogP contribution is 2.46. The second-order valence-electron chi connectivity index (χ2n) is 8.32. The Morgan fingerprint density at radius 2 is 1.80 bits per heavy atom. The molecule has 0 N–H and O–H groups in total. The molecule has 1 unspecified atom stereocenters. The van der Waals surface area contributed by atoms with E-state index >= 15 is 0 Å². The Kier molecular flexibility index (Phi) is 6.64. The van der Waals surface area contributed by atoms with Crippen LogP contribution in [0, 0.1) is 11.3 Å². The first kappa shape index (κ1) is 20.4. The van der Waals surface area contributed by atoms with Crippen LogP contribution in [0.25, 0.3) is 0 Å². The summed E-state index contributed by atoms with van der Waals surface area (Å²) >= 11 is 0. The Hall–Kier alpha value is -0.960. The lowest BCUT2D eigenvalue weighted by atomic mass is 9.69. The number of fused-ring (bicyclic) bond motifs is 1. The zero-order valence-electron chi connectivity index (χ0n) is 16.9. The van der Waals surface area contributed by atoms with Gasteiger partial charge in [0.1, 0.15) is 0 Å². The van der Waals surface area contributed by atoms with Gasteiger partial charge in [-0.2, -0.15) is 0 Å². The second kappa shape index (κ2) is 8.16. The first-order chi connectivity index (χ1) is 11.8. The molecule has 0 aromatic heterocycles. The normalized spacial score (nSPS) is 25.2.